The minimum atomic E-state index is -3.84. The predicted molar refractivity (Wildman–Crippen MR) is 102 cm³/mol. The highest BCUT2D eigenvalue weighted by Crippen LogP contribution is 2.40. The molecule has 2 aromatic carbocycles. The molecular weight excluding hydrogens is 383 g/mol. The van der Waals surface area contributed by atoms with Gasteiger partial charge >= 0.3 is 0 Å². The van der Waals surface area contributed by atoms with Crippen molar-refractivity contribution >= 4 is 21.6 Å². The number of hydrogen-bond donors (Lipinski definition) is 0. The highest BCUT2D eigenvalue weighted by molar-refractivity contribution is 7.89. The van der Waals surface area contributed by atoms with Crippen LogP contribution in [0.2, 0.25) is 0 Å². The molecule has 2 heterocycles. The number of sulfonamides is 1. The predicted octanol–water partition coefficient (Wildman–Crippen LogP) is 3.10. The molecule has 2 aromatic rings. The molecule has 8 heteroatoms. The Hall–Kier alpha value is -2.45. The van der Waals surface area contributed by atoms with Crippen molar-refractivity contribution in [2.45, 2.75) is 30.7 Å². The number of rotatable bonds is 3. The average molecular weight is 404 g/mol. The van der Waals surface area contributed by atoms with Gasteiger partial charge in [0.15, 0.2) is 0 Å². The number of carbonyl (C=O) groups is 1. The monoisotopic (exact) mass is 404 g/mol. The number of fused-ring (bicyclic) bond motifs is 1. The van der Waals surface area contributed by atoms with Crippen LogP contribution in [0, 0.1) is 5.82 Å². The van der Waals surface area contributed by atoms with Gasteiger partial charge in [0.2, 0.25) is 15.9 Å². The SMILES string of the molecule is CC(=O)N1CCOc2cc(S(=O)(=O)N3CCC[C@@H]3c3ccccc3F)ccc21. The molecule has 1 saturated heterocycles. The summed E-state index contributed by atoms with van der Waals surface area (Å²) in [5, 5.41) is 0. The molecule has 0 unspecified atom stereocenters. The zero-order valence-corrected chi connectivity index (χ0v) is 16.3. The maximum absolute atomic E-state index is 14.3. The number of ether oxygens (including phenoxy) is 1. The first kappa shape index (κ1) is 18.9. The van der Waals surface area contributed by atoms with Gasteiger partial charge in [0, 0.05) is 25.1 Å². The smallest absolute Gasteiger partial charge is 0.243 e. The van der Waals surface area contributed by atoms with Gasteiger partial charge in [0.25, 0.3) is 0 Å². The minimum absolute atomic E-state index is 0.0832. The molecule has 2 aliphatic rings. The lowest BCUT2D eigenvalue weighted by atomic mass is 10.1. The van der Waals surface area contributed by atoms with Crippen LogP contribution in [-0.4, -0.2) is 38.3 Å². The Balaban J connectivity index is 1.70. The molecule has 2 aliphatic heterocycles. The molecule has 1 atom stereocenters. The fourth-order valence-corrected chi connectivity index (χ4v) is 5.60. The maximum Gasteiger partial charge on any atom is 0.243 e. The van der Waals surface area contributed by atoms with Crippen LogP contribution in [-0.2, 0) is 14.8 Å². The fourth-order valence-electron chi connectivity index (χ4n) is 3.91. The number of anilines is 1. The Bertz CT molecular complexity index is 1020. The van der Waals surface area contributed by atoms with Gasteiger partial charge in [0.05, 0.1) is 23.2 Å². The number of amides is 1. The zero-order valence-electron chi connectivity index (χ0n) is 15.5. The lowest BCUT2D eigenvalue weighted by Gasteiger charge is -2.30. The van der Waals surface area contributed by atoms with Crippen molar-refractivity contribution in [1.82, 2.24) is 4.31 Å². The molecule has 0 N–H and O–H groups in total. The van der Waals surface area contributed by atoms with Gasteiger partial charge in [-0.25, -0.2) is 12.8 Å². The second-order valence-electron chi connectivity index (χ2n) is 6.94. The van der Waals surface area contributed by atoms with Crippen molar-refractivity contribution in [2.24, 2.45) is 0 Å². The second-order valence-corrected chi connectivity index (χ2v) is 8.83. The molecule has 6 nitrogen and oxygen atoms in total. The Morgan fingerprint density at radius 1 is 1.18 bits per heavy atom. The van der Waals surface area contributed by atoms with Gasteiger partial charge in [0.1, 0.15) is 18.2 Å². The summed E-state index contributed by atoms with van der Waals surface area (Å²) in [6, 6.07) is 10.3. The molecule has 4 rings (SSSR count). The Morgan fingerprint density at radius 3 is 2.71 bits per heavy atom. The number of carbonyl (C=O) groups excluding carboxylic acids is 1. The molecular formula is C20H21FN2O4S. The highest BCUT2D eigenvalue weighted by Gasteiger charge is 2.38. The van der Waals surface area contributed by atoms with Gasteiger partial charge in [-0.1, -0.05) is 18.2 Å². The van der Waals surface area contributed by atoms with Gasteiger partial charge in [-0.15, -0.1) is 0 Å². The van der Waals surface area contributed by atoms with E-state index in [1.54, 1.807) is 29.2 Å². The van der Waals surface area contributed by atoms with E-state index in [9.17, 15) is 17.6 Å². The summed E-state index contributed by atoms with van der Waals surface area (Å²) in [4.78, 5) is 13.4. The van der Waals surface area contributed by atoms with Crippen molar-refractivity contribution in [3.63, 3.8) is 0 Å². The third-order valence-electron chi connectivity index (χ3n) is 5.25. The molecule has 0 aromatic heterocycles. The summed E-state index contributed by atoms with van der Waals surface area (Å²) in [6.45, 7) is 2.52. The number of halogens is 1. The van der Waals surface area contributed by atoms with E-state index in [2.05, 4.69) is 0 Å². The molecule has 148 valence electrons. The number of nitrogens with zero attached hydrogens (tertiary/aromatic N) is 2. The van der Waals surface area contributed by atoms with Crippen LogP contribution in [0.1, 0.15) is 31.4 Å². The first-order valence-electron chi connectivity index (χ1n) is 9.21. The van der Waals surface area contributed by atoms with Crippen molar-refractivity contribution in [2.75, 3.05) is 24.6 Å². The van der Waals surface area contributed by atoms with Crippen molar-refractivity contribution in [3.05, 3.63) is 53.8 Å². The first-order chi connectivity index (χ1) is 13.4. The standard InChI is InChI=1S/C20H21FN2O4S/c1-14(24)22-11-12-27-20-13-15(8-9-19(20)22)28(25,26)23-10-4-7-18(23)16-5-2-3-6-17(16)21/h2-3,5-6,8-9,13,18H,4,7,10-12H2,1H3/t18-/m1/s1. The topological polar surface area (TPSA) is 66.9 Å². The van der Waals surface area contributed by atoms with E-state index in [-0.39, 0.29) is 10.8 Å². The lowest BCUT2D eigenvalue weighted by molar-refractivity contribution is -0.116. The largest absolute Gasteiger partial charge is 0.489 e. The van der Waals surface area contributed by atoms with E-state index in [0.717, 1.165) is 0 Å². The Morgan fingerprint density at radius 2 is 1.96 bits per heavy atom. The summed E-state index contributed by atoms with van der Waals surface area (Å²) in [5.41, 5.74) is 0.949. The average Bonchev–Trinajstić information content (AvgIpc) is 3.17. The Labute approximate surface area is 163 Å². The van der Waals surface area contributed by atoms with E-state index in [1.165, 1.54) is 29.4 Å². The molecule has 1 amide bonds. The summed E-state index contributed by atoms with van der Waals surface area (Å²) in [6.07, 6.45) is 1.23. The molecule has 0 saturated carbocycles. The van der Waals surface area contributed by atoms with Crippen LogP contribution in [0.4, 0.5) is 10.1 Å². The number of benzene rings is 2. The van der Waals surface area contributed by atoms with E-state index >= 15 is 0 Å². The van der Waals surface area contributed by atoms with Crippen molar-refractivity contribution < 1.29 is 22.3 Å². The molecule has 0 bridgehead atoms. The van der Waals surface area contributed by atoms with Crippen LogP contribution in [0.15, 0.2) is 47.4 Å². The molecule has 28 heavy (non-hydrogen) atoms. The third kappa shape index (κ3) is 3.16. The van der Waals surface area contributed by atoms with Crippen LogP contribution >= 0.6 is 0 Å². The molecule has 1 fully saturated rings. The van der Waals surface area contributed by atoms with Gasteiger partial charge < -0.3 is 9.64 Å². The molecule has 0 spiro atoms. The third-order valence-corrected chi connectivity index (χ3v) is 7.15. The van der Waals surface area contributed by atoms with Crippen LogP contribution < -0.4 is 9.64 Å². The minimum Gasteiger partial charge on any atom is -0.489 e. The van der Waals surface area contributed by atoms with E-state index < -0.39 is 21.9 Å². The van der Waals surface area contributed by atoms with Crippen LogP contribution in [0.25, 0.3) is 0 Å². The van der Waals surface area contributed by atoms with E-state index in [0.29, 0.717) is 49.5 Å². The first-order valence-corrected chi connectivity index (χ1v) is 10.6. The molecule has 0 radical (unpaired) electrons. The fraction of sp³-hybridized carbons (Fsp3) is 0.350. The second kappa shape index (κ2) is 7.18. The van der Waals surface area contributed by atoms with Crippen molar-refractivity contribution in [3.8, 4) is 5.75 Å². The van der Waals surface area contributed by atoms with Crippen LogP contribution in [0.5, 0.6) is 5.75 Å². The quantitative estimate of drug-likeness (QED) is 0.789. The van der Waals surface area contributed by atoms with Crippen LogP contribution in [0.3, 0.4) is 0 Å². The summed E-state index contributed by atoms with van der Waals surface area (Å²) in [5.74, 6) is -0.163. The van der Waals surface area contributed by atoms with Gasteiger partial charge in [-0.2, -0.15) is 4.31 Å². The van der Waals surface area contributed by atoms with Gasteiger partial charge in [-0.3, -0.25) is 4.79 Å². The highest BCUT2D eigenvalue weighted by atomic mass is 32.2. The molecule has 0 aliphatic carbocycles. The van der Waals surface area contributed by atoms with Gasteiger partial charge in [-0.05, 0) is 31.0 Å². The lowest BCUT2D eigenvalue weighted by Crippen LogP contribution is -2.36. The summed E-state index contributed by atoms with van der Waals surface area (Å²) >= 11 is 0. The summed E-state index contributed by atoms with van der Waals surface area (Å²) in [7, 11) is -3.84. The van der Waals surface area contributed by atoms with E-state index in [4.69, 9.17) is 4.74 Å². The summed E-state index contributed by atoms with van der Waals surface area (Å²) < 4.78 is 47.8. The Kier molecular flexibility index (Phi) is 4.84. The normalized spacial score (nSPS) is 19.9. The van der Waals surface area contributed by atoms with Crippen molar-refractivity contribution in [1.29, 1.82) is 0 Å². The maximum atomic E-state index is 14.3. The number of hydrogen-bond acceptors (Lipinski definition) is 4. The zero-order chi connectivity index (χ0) is 19.9. The van der Waals surface area contributed by atoms with E-state index in [1.807, 2.05) is 0 Å².